The predicted molar refractivity (Wildman–Crippen MR) is 135 cm³/mol. The van der Waals surface area contributed by atoms with Gasteiger partial charge in [-0.05, 0) is 42.3 Å². The molecule has 0 saturated heterocycles. The van der Waals surface area contributed by atoms with Crippen LogP contribution in [0.4, 0.5) is 0 Å². The molecule has 3 aromatic carbocycles. The van der Waals surface area contributed by atoms with Gasteiger partial charge in [0.25, 0.3) is 0 Å². The number of hydroxylamine groups is 1. The lowest BCUT2D eigenvalue weighted by Gasteiger charge is -2.12. The van der Waals surface area contributed by atoms with Crippen molar-refractivity contribution in [2.24, 2.45) is 0 Å². The fourth-order valence-corrected chi connectivity index (χ4v) is 3.31. The number of hydrogen-bond acceptors (Lipinski definition) is 6. The van der Waals surface area contributed by atoms with Crippen LogP contribution < -0.4 is 15.0 Å². The summed E-state index contributed by atoms with van der Waals surface area (Å²) in [4.78, 5) is 16.7. The van der Waals surface area contributed by atoms with E-state index in [4.69, 9.17) is 19.0 Å². The lowest BCUT2D eigenvalue weighted by molar-refractivity contribution is -0.140. The number of methoxy groups -OCH3 is 1. The van der Waals surface area contributed by atoms with Crippen molar-refractivity contribution in [2.45, 2.75) is 25.9 Å². The van der Waals surface area contributed by atoms with Crippen LogP contribution in [0, 0.1) is 11.8 Å². The molecule has 0 aromatic heterocycles. The molecule has 0 bridgehead atoms. The van der Waals surface area contributed by atoms with Crippen LogP contribution in [0.15, 0.2) is 85.1 Å². The molecular formula is C29H29NO5. The molecule has 0 saturated carbocycles. The lowest BCUT2D eigenvalue weighted by atomic mass is 9.96. The van der Waals surface area contributed by atoms with E-state index in [1.807, 2.05) is 78.9 Å². The van der Waals surface area contributed by atoms with Crippen LogP contribution in [0.25, 0.3) is 5.70 Å². The van der Waals surface area contributed by atoms with Gasteiger partial charge in [-0.25, -0.2) is 0 Å². The summed E-state index contributed by atoms with van der Waals surface area (Å²) in [6.45, 7) is 2.17. The van der Waals surface area contributed by atoms with Gasteiger partial charge in [-0.2, -0.15) is 0 Å². The first-order valence-corrected chi connectivity index (χ1v) is 11.1. The second kappa shape index (κ2) is 13.5. The molecule has 3 aromatic rings. The molecule has 0 aliphatic rings. The molecule has 6 nitrogen and oxygen atoms in total. The van der Waals surface area contributed by atoms with E-state index in [0.29, 0.717) is 18.1 Å². The van der Waals surface area contributed by atoms with Crippen molar-refractivity contribution in [1.29, 1.82) is 0 Å². The smallest absolute Gasteiger partial charge is 0.307 e. The van der Waals surface area contributed by atoms with Crippen LogP contribution in [0.1, 0.15) is 36.0 Å². The first kappa shape index (κ1) is 25.4. The lowest BCUT2D eigenvalue weighted by Crippen LogP contribution is -2.11. The van der Waals surface area contributed by atoms with E-state index >= 15 is 0 Å². The normalized spacial score (nSPS) is 11.6. The fourth-order valence-electron chi connectivity index (χ4n) is 3.31. The molecule has 180 valence electrons. The van der Waals surface area contributed by atoms with Gasteiger partial charge in [0.1, 0.15) is 30.1 Å². The summed E-state index contributed by atoms with van der Waals surface area (Å²) in [6, 6.07) is 25.1. The van der Waals surface area contributed by atoms with E-state index in [2.05, 4.69) is 17.3 Å². The highest BCUT2D eigenvalue weighted by Crippen LogP contribution is 2.23. The van der Waals surface area contributed by atoms with Crippen LogP contribution in [-0.4, -0.2) is 20.2 Å². The molecule has 1 N–H and O–H groups in total. The van der Waals surface area contributed by atoms with Gasteiger partial charge in [-0.3, -0.25) is 15.1 Å². The average Bonchev–Trinajstić information content (AvgIpc) is 2.91. The Kier molecular flexibility index (Phi) is 9.79. The second-order valence-corrected chi connectivity index (χ2v) is 7.55. The Balaban J connectivity index is 1.57. The molecule has 0 fully saturated rings. The number of carbonyl (C=O) groups is 1. The Hall–Kier alpha value is -4.21. The van der Waals surface area contributed by atoms with Crippen LogP contribution in [-0.2, 0) is 21.0 Å². The van der Waals surface area contributed by atoms with Crippen LogP contribution in [0.2, 0.25) is 0 Å². The maximum Gasteiger partial charge on any atom is 0.307 e. The third-order valence-corrected chi connectivity index (χ3v) is 5.14. The van der Waals surface area contributed by atoms with Gasteiger partial charge in [-0.15, -0.1) is 5.92 Å². The standard InChI is InChI=1S/C29H29NO5/c1-4-8-25(19-29(31)32-2)23-13-17-27(18-14-23)34-20-22-11-15-26(16-12-22)35-21-28(30-33-3)24-9-6-5-7-10-24/h5-7,9-18,21,25,30H,19-20H2,1-3H3. The molecule has 1 unspecified atom stereocenters. The van der Waals surface area contributed by atoms with Gasteiger partial charge in [0.2, 0.25) is 0 Å². The maximum absolute atomic E-state index is 11.7. The summed E-state index contributed by atoms with van der Waals surface area (Å²) in [5, 5.41) is 0. The van der Waals surface area contributed by atoms with Gasteiger partial charge in [0.15, 0.2) is 0 Å². The number of rotatable bonds is 11. The van der Waals surface area contributed by atoms with E-state index in [9.17, 15) is 4.79 Å². The molecule has 0 aliphatic heterocycles. The van der Waals surface area contributed by atoms with Crippen molar-refractivity contribution in [1.82, 2.24) is 5.48 Å². The molecule has 1 atom stereocenters. The number of nitrogens with one attached hydrogen (secondary N) is 1. The van der Waals surface area contributed by atoms with E-state index < -0.39 is 0 Å². The first-order valence-electron chi connectivity index (χ1n) is 11.1. The van der Waals surface area contributed by atoms with Gasteiger partial charge >= 0.3 is 5.97 Å². The first-order chi connectivity index (χ1) is 17.1. The van der Waals surface area contributed by atoms with Crippen molar-refractivity contribution in [3.05, 3.63) is 102 Å². The highest BCUT2D eigenvalue weighted by atomic mass is 16.6. The largest absolute Gasteiger partial charge is 0.489 e. The summed E-state index contributed by atoms with van der Waals surface area (Å²) in [5.41, 5.74) is 6.45. The van der Waals surface area contributed by atoms with Crippen molar-refractivity contribution in [3.63, 3.8) is 0 Å². The summed E-state index contributed by atoms with van der Waals surface area (Å²) >= 11 is 0. The van der Waals surface area contributed by atoms with Gasteiger partial charge in [-0.1, -0.05) is 60.5 Å². The molecule has 0 spiro atoms. The minimum absolute atomic E-state index is 0.204. The third kappa shape index (κ3) is 7.95. The van der Waals surface area contributed by atoms with E-state index in [1.54, 1.807) is 20.3 Å². The van der Waals surface area contributed by atoms with Crippen molar-refractivity contribution >= 4 is 11.7 Å². The van der Waals surface area contributed by atoms with E-state index in [0.717, 1.165) is 22.4 Å². The number of benzene rings is 3. The highest BCUT2D eigenvalue weighted by Gasteiger charge is 2.14. The van der Waals surface area contributed by atoms with Gasteiger partial charge in [0.05, 0.1) is 26.6 Å². The Bertz CT molecular complexity index is 1160. The molecule has 35 heavy (non-hydrogen) atoms. The van der Waals surface area contributed by atoms with Crippen molar-refractivity contribution in [2.75, 3.05) is 14.2 Å². The zero-order valence-corrected chi connectivity index (χ0v) is 20.1. The second-order valence-electron chi connectivity index (χ2n) is 7.55. The average molecular weight is 472 g/mol. The zero-order chi connectivity index (χ0) is 24.9. The molecule has 6 heteroatoms. The Morgan fingerprint density at radius 3 is 2.26 bits per heavy atom. The maximum atomic E-state index is 11.7. The van der Waals surface area contributed by atoms with Crippen LogP contribution in [0.3, 0.4) is 0 Å². The SMILES string of the molecule is CC#CC(CC(=O)OC)c1ccc(OCc2ccc(OC=C(NOC)c3ccccc3)cc2)cc1. The molecule has 0 radical (unpaired) electrons. The number of esters is 1. The minimum atomic E-state index is -0.285. The summed E-state index contributed by atoms with van der Waals surface area (Å²) in [5.74, 6) is 6.88. The molecule has 3 rings (SSSR count). The number of carbonyl (C=O) groups excluding carboxylic acids is 1. The highest BCUT2D eigenvalue weighted by molar-refractivity contribution is 5.71. The van der Waals surface area contributed by atoms with Gasteiger partial charge < -0.3 is 14.2 Å². The molecule has 0 heterocycles. The summed E-state index contributed by atoms with van der Waals surface area (Å²) in [6.07, 6.45) is 1.83. The number of hydrogen-bond donors (Lipinski definition) is 1. The van der Waals surface area contributed by atoms with Crippen molar-refractivity contribution in [3.8, 4) is 23.3 Å². The summed E-state index contributed by atoms with van der Waals surface area (Å²) < 4.78 is 16.5. The van der Waals surface area contributed by atoms with E-state index in [1.165, 1.54) is 7.11 Å². The monoisotopic (exact) mass is 471 g/mol. The quantitative estimate of drug-likeness (QED) is 0.173. The summed E-state index contributed by atoms with van der Waals surface area (Å²) in [7, 11) is 2.94. The molecule has 0 aliphatic carbocycles. The van der Waals surface area contributed by atoms with Crippen molar-refractivity contribution < 1.29 is 23.8 Å². The Morgan fingerprint density at radius 1 is 0.943 bits per heavy atom. The zero-order valence-electron chi connectivity index (χ0n) is 20.1. The third-order valence-electron chi connectivity index (χ3n) is 5.14. The fraction of sp³-hybridized carbons (Fsp3) is 0.207. The topological polar surface area (TPSA) is 66.0 Å². The number of ether oxygens (including phenoxy) is 3. The van der Waals surface area contributed by atoms with Crippen LogP contribution >= 0.6 is 0 Å². The molecular weight excluding hydrogens is 442 g/mol. The molecule has 0 amide bonds. The minimum Gasteiger partial charge on any atom is -0.489 e. The van der Waals surface area contributed by atoms with Gasteiger partial charge in [0, 0.05) is 5.56 Å². The Morgan fingerprint density at radius 2 is 1.63 bits per heavy atom. The Labute approximate surface area is 206 Å². The van der Waals surface area contributed by atoms with E-state index in [-0.39, 0.29) is 18.3 Å². The predicted octanol–water partition coefficient (Wildman–Crippen LogP) is 5.46. The van der Waals surface area contributed by atoms with Crippen LogP contribution in [0.5, 0.6) is 11.5 Å².